The Morgan fingerprint density at radius 1 is 1.38 bits per heavy atom. The quantitative estimate of drug-likeness (QED) is 0.905. The van der Waals surface area contributed by atoms with Crippen LogP contribution in [-0.2, 0) is 4.79 Å². The smallest absolute Gasteiger partial charge is 0.241 e. The molecular formula is C17H24N2O2. The number of carbonyl (C=O) groups is 1. The summed E-state index contributed by atoms with van der Waals surface area (Å²) in [5.41, 5.74) is 1.04. The van der Waals surface area contributed by atoms with Crippen LogP contribution in [0.5, 0.6) is 5.75 Å². The van der Waals surface area contributed by atoms with Crippen LogP contribution in [0.1, 0.15) is 38.4 Å². The summed E-state index contributed by atoms with van der Waals surface area (Å²) < 4.78 is 5.46. The molecule has 2 aliphatic rings. The summed E-state index contributed by atoms with van der Waals surface area (Å²) in [6.45, 7) is 5.02. The van der Waals surface area contributed by atoms with Crippen LogP contribution >= 0.6 is 0 Å². The van der Waals surface area contributed by atoms with Crippen LogP contribution in [-0.4, -0.2) is 30.5 Å². The van der Waals surface area contributed by atoms with Crippen LogP contribution in [0.4, 0.5) is 0 Å². The Bertz CT molecular complexity index is 527. The third kappa shape index (κ3) is 2.77. The van der Waals surface area contributed by atoms with Crippen molar-refractivity contribution in [2.24, 2.45) is 11.8 Å². The first-order valence-electron chi connectivity index (χ1n) is 7.81. The largest absolute Gasteiger partial charge is 0.496 e. The minimum Gasteiger partial charge on any atom is -0.496 e. The Morgan fingerprint density at radius 2 is 2.10 bits per heavy atom. The van der Waals surface area contributed by atoms with Gasteiger partial charge in [-0.15, -0.1) is 0 Å². The fourth-order valence-corrected chi connectivity index (χ4v) is 3.24. The van der Waals surface area contributed by atoms with E-state index in [4.69, 9.17) is 4.74 Å². The fraction of sp³-hybridized carbons (Fsp3) is 0.588. The first-order chi connectivity index (χ1) is 10.1. The van der Waals surface area contributed by atoms with Gasteiger partial charge in [-0.3, -0.25) is 10.1 Å². The third-order valence-corrected chi connectivity index (χ3v) is 4.72. The van der Waals surface area contributed by atoms with Gasteiger partial charge in [0.25, 0.3) is 0 Å². The van der Waals surface area contributed by atoms with E-state index >= 15 is 0 Å². The van der Waals surface area contributed by atoms with Gasteiger partial charge in [-0.1, -0.05) is 25.1 Å². The Labute approximate surface area is 126 Å². The van der Waals surface area contributed by atoms with Gasteiger partial charge in [-0.05, 0) is 37.7 Å². The molecule has 21 heavy (non-hydrogen) atoms. The molecule has 1 aromatic carbocycles. The first-order valence-corrected chi connectivity index (χ1v) is 7.81. The SMILES string of the molecule is COc1ccccc1C1NC(C)C(=O)N1CC(C)C1CC1. The molecule has 1 amide bonds. The molecule has 0 aromatic heterocycles. The van der Waals surface area contributed by atoms with Gasteiger partial charge < -0.3 is 9.64 Å². The minimum absolute atomic E-state index is 0.0788. The molecule has 0 bridgehead atoms. The van der Waals surface area contributed by atoms with Gasteiger partial charge in [0.2, 0.25) is 5.91 Å². The van der Waals surface area contributed by atoms with Crippen molar-refractivity contribution in [3.8, 4) is 5.75 Å². The van der Waals surface area contributed by atoms with E-state index in [2.05, 4.69) is 12.2 Å². The van der Waals surface area contributed by atoms with Crippen molar-refractivity contribution in [2.75, 3.05) is 13.7 Å². The molecule has 2 fully saturated rings. The van der Waals surface area contributed by atoms with Crippen molar-refractivity contribution in [1.82, 2.24) is 10.2 Å². The van der Waals surface area contributed by atoms with Crippen LogP contribution in [0.3, 0.4) is 0 Å². The maximum atomic E-state index is 12.5. The maximum absolute atomic E-state index is 12.5. The summed E-state index contributed by atoms with van der Waals surface area (Å²) in [6.07, 6.45) is 2.54. The topological polar surface area (TPSA) is 41.6 Å². The predicted molar refractivity (Wildman–Crippen MR) is 81.9 cm³/mol. The van der Waals surface area contributed by atoms with Crippen LogP contribution in [0, 0.1) is 11.8 Å². The molecule has 114 valence electrons. The molecule has 3 unspecified atom stereocenters. The van der Waals surface area contributed by atoms with E-state index in [1.54, 1.807) is 7.11 Å². The molecule has 0 radical (unpaired) electrons. The van der Waals surface area contributed by atoms with Crippen molar-refractivity contribution >= 4 is 5.91 Å². The van der Waals surface area contributed by atoms with Crippen molar-refractivity contribution in [3.63, 3.8) is 0 Å². The average Bonchev–Trinajstić information content (AvgIpc) is 3.30. The molecule has 1 aliphatic heterocycles. The van der Waals surface area contributed by atoms with Crippen LogP contribution < -0.4 is 10.1 Å². The summed E-state index contributed by atoms with van der Waals surface area (Å²) in [7, 11) is 1.68. The lowest BCUT2D eigenvalue weighted by Gasteiger charge is -2.28. The van der Waals surface area contributed by atoms with Crippen LogP contribution in [0.15, 0.2) is 24.3 Å². The lowest BCUT2D eigenvalue weighted by atomic mass is 10.0. The minimum atomic E-state index is -0.133. The number of benzene rings is 1. The highest BCUT2D eigenvalue weighted by atomic mass is 16.5. The Balaban J connectivity index is 1.85. The number of nitrogens with one attached hydrogen (secondary N) is 1. The molecule has 0 spiro atoms. The predicted octanol–water partition coefficient (Wildman–Crippen LogP) is 2.56. The van der Waals surface area contributed by atoms with Gasteiger partial charge in [0.15, 0.2) is 0 Å². The zero-order valence-electron chi connectivity index (χ0n) is 13.0. The molecule has 1 N–H and O–H groups in total. The third-order valence-electron chi connectivity index (χ3n) is 4.72. The second-order valence-corrected chi connectivity index (χ2v) is 6.34. The molecule has 1 heterocycles. The van der Waals surface area contributed by atoms with E-state index in [-0.39, 0.29) is 18.1 Å². The first kappa shape index (κ1) is 14.4. The summed E-state index contributed by atoms with van der Waals surface area (Å²) in [5, 5.41) is 3.41. The molecule has 3 rings (SSSR count). The van der Waals surface area contributed by atoms with E-state index in [1.807, 2.05) is 36.1 Å². The van der Waals surface area contributed by atoms with Crippen molar-refractivity contribution in [3.05, 3.63) is 29.8 Å². The van der Waals surface area contributed by atoms with Crippen molar-refractivity contribution in [1.29, 1.82) is 0 Å². The Hall–Kier alpha value is -1.55. The lowest BCUT2D eigenvalue weighted by Crippen LogP contribution is -2.35. The normalized spacial score (nSPS) is 27.0. The fourth-order valence-electron chi connectivity index (χ4n) is 3.24. The van der Waals surface area contributed by atoms with E-state index in [1.165, 1.54) is 12.8 Å². The number of amides is 1. The average molecular weight is 288 g/mol. The summed E-state index contributed by atoms with van der Waals surface area (Å²) in [5.74, 6) is 2.39. The van der Waals surface area contributed by atoms with E-state index in [9.17, 15) is 4.79 Å². The van der Waals surface area contributed by atoms with E-state index < -0.39 is 0 Å². The highest BCUT2D eigenvalue weighted by molar-refractivity contribution is 5.84. The number of hydrogen-bond donors (Lipinski definition) is 1. The second-order valence-electron chi connectivity index (χ2n) is 6.34. The summed E-state index contributed by atoms with van der Waals surface area (Å²) >= 11 is 0. The van der Waals surface area contributed by atoms with Crippen molar-refractivity contribution < 1.29 is 9.53 Å². The second kappa shape index (κ2) is 5.68. The van der Waals surface area contributed by atoms with Gasteiger partial charge in [0.05, 0.1) is 13.2 Å². The summed E-state index contributed by atoms with van der Waals surface area (Å²) in [6, 6.07) is 7.81. The number of hydrogen-bond acceptors (Lipinski definition) is 3. The molecule has 1 saturated heterocycles. The monoisotopic (exact) mass is 288 g/mol. The molecule has 1 aromatic rings. The maximum Gasteiger partial charge on any atom is 0.241 e. The molecule has 1 saturated carbocycles. The molecule has 3 atom stereocenters. The van der Waals surface area contributed by atoms with E-state index in [0.717, 1.165) is 23.8 Å². The molecule has 1 aliphatic carbocycles. The Morgan fingerprint density at radius 3 is 2.76 bits per heavy atom. The molecular weight excluding hydrogens is 264 g/mol. The summed E-state index contributed by atoms with van der Waals surface area (Å²) in [4.78, 5) is 14.5. The zero-order chi connectivity index (χ0) is 15.0. The molecule has 4 heteroatoms. The number of nitrogens with zero attached hydrogens (tertiary/aromatic N) is 1. The number of para-hydroxylation sites is 1. The standard InChI is InChI=1S/C17H24N2O2/c1-11(13-8-9-13)10-19-16(18-12(2)17(19)20)14-6-4-5-7-15(14)21-3/h4-7,11-13,16,18H,8-10H2,1-3H3. The number of carbonyl (C=O) groups excluding carboxylic acids is 1. The van der Waals surface area contributed by atoms with E-state index in [0.29, 0.717) is 5.92 Å². The van der Waals surface area contributed by atoms with Crippen molar-refractivity contribution in [2.45, 2.75) is 38.9 Å². The molecule has 4 nitrogen and oxygen atoms in total. The van der Waals surface area contributed by atoms with Crippen LogP contribution in [0.25, 0.3) is 0 Å². The van der Waals surface area contributed by atoms with Crippen LogP contribution in [0.2, 0.25) is 0 Å². The van der Waals surface area contributed by atoms with Gasteiger partial charge >= 0.3 is 0 Å². The highest BCUT2D eigenvalue weighted by Crippen LogP contribution is 2.39. The number of rotatable bonds is 5. The van der Waals surface area contributed by atoms with Gasteiger partial charge in [-0.25, -0.2) is 0 Å². The van der Waals surface area contributed by atoms with Gasteiger partial charge in [0, 0.05) is 12.1 Å². The number of ether oxygens (including phenoxy) is 1. The van der Waals surface area contributed by atoms with Gasteiger partial charge in [0.1, 0.15) is 11.9 Å². The lowest BCUT2D eigenvalue weighted by molar-refractivity contribution is -0.130. The van der Waals surface area contributed by atoms with Gasteiger partial charge in [-0.2, -0.15) is 0 Å². The Kier molecular flexibility index (Phi) is 3.89. The number of methoxy groups -OCH3 is 1. The highest BCUT2D eigenvalue weighted by Gasteiger charge is 2.40. The zero-order valence-corrected chi connectivity index (χ0v) is 13.0.